The fraction of sp³-hybridized carbons (Fsp3) is 0.615. The molecular formula is C13H18F2N2. The summed E-state index contributed by atoms with van der Waals surface area (Å²) in [4.78, 5) is 3.76. The highest BCUT2D eigenvalue weighted by atomic mass is 19.3. The predicted octanol–water partition coefficient (Wildman–Crippen LogP) is 2.95. The van der Waals surface area contributed by atoms with Crippen LogP contribution in [-0.4, -0.2) is 18.1 Å². The molecule has 1 aliphatic rings. The molecule has 4 heteroatoms. The summed E-state index contributed by atoms with van der Waals surface area (Å²) in [7, 11) is 0. The smallest absolute Gasteiger partial charge is 0.274 e. The topological polar surface area (TPSA) is 24.9 Å². The number of nitrogens with zero attached hydrogens (tertiary/aromatic N) is 1. The standard InChI is InChI=1S/C13H18F2N2/c14-13(15,12-2-1-7-17-10-12)6-3-11-4-8-16-9-5-11/h1-2,7,10-11,16H,3-6,8-9H2. The van der Waals surface area contributed by atoms with Gasteiger partial charge in [0.15, 0.2) is 0 Å². The van der Waals surface area contributed by atoms with Crippen LogP contribution in [0.4, 0.5) is 8.78 Å². The Morgan fingerprint density at radius 2 is 2.12 bits per heavy atom. The molecule has 2 heterocycles. The Bertz CT molecular complexity index is 335. The Morgan fingerprint density at radius 1 is 1.35 bits per heavy atom. The lowest BCUT2D eigenvalue weighted by Gasteiger charge is -2.24. The summed E-state index contributed by atoms with van der Waals surface area (Å²) in [6, 6.07) is 3.02. The second kappa shape index (κ2) is 5.54. The lowest BCUT2D eigenvalue weighted by molar-refractivity contribution is -0.0205. The molecule has 1 aliphatic heterocycles. The Morgan fingerprint density at radius 3 is 2.76 bits per heavy atom. The minimum atomic E-state index is -2.74. The highest BCUT2D eigenvalue weighted by molar-refractivity contribution is 5.14. The molecule has 17 heavy (non-hydrogen) atoms. The van der Waals surface area contributed by atoms with Gasteiger partial charge in [0.05, 0.1) is 0 Å². The quantitative estimate of drug-likeness (QED) is 0.875. The molecule has 1 fully saturated rings. The van der Waals surface area contributed by atoms with Crippen molar-refractivity contribution in [3.63, 3.8) is 0 Å². The minimum absolute atomic E-state index is 0.0361. The summed E-state index contributed by atoms with van der Waals surface area (Å²) >= 11 is 0. The van der Waals surface area contributed by atoms with E-state index in [1.165, 1.54) is 18.5 Å². The molecule has 0 amide bonds. The number of piperidine rings is 1. The van der Waals surface area contributed by atoms with Gasteiger partial charge in [-0.1, -0.05) is 0 Å². The summed E-state index contributed by atoms with van der Waals surface area (Å²) < 4.78 is 27.7. The van der Waals surface area contributed by atoms with Crippen LogP contribution in [0.1, 0.15) is 31.2 Å². The SMILES string of the molecule is FC(F)(CCC1CCNCC1)c1cccnc1. The van der Waals surface area contributed by atoms with E-state index < -0.39 is 5.92 Å². The summed E-state index contributed by atoms with van der Waals surface area (Å²) in [5, 5.41) is 3.25. The summed E-state index contributed by atoms with van der Waals surface area (Å²) in [6.45, 7) is 1.92. The van der Waals surface area contributed by atoms with Crippen molar-refractivity contribution in [3.05, 3.63) is 30.1 Å². The van der Waals surface area contributed by atoms with Crippen LogP contribution in [0.3, 0.4) is 0 Å². The van der Waals surface area contributed by atoms with Gasteiger partial charge in [0, 0.05) is 24.4 Å². The van der Waals surface area contributed by atoms with Crippen LogP contribution in [0.25, 0.3) is 0 Å². The molecule has 0 unspecified atom stereocenters. The van der Waals surface area contributed by atoms with Gasteiger partial charge in [0.2, 0.25) is 0 Å². The fourth-order valence-electron chi connectivity index (χ4n) is 2.28. The lowest BCUT2D eigenvalue weighted by Crippen LogP contribution is -2.28. The third-order valence-corrected chi connectivity index (χ3v) is 3.41. The first-order valence-corrected chi connectivity index (χ1v) is 6.17. The van der Waals surface area contributed by atoms with Crippen LogP contribution in [0, 0.1) is 5.92 Å². The molecule has 2 nitrogen and oxygen atoms in total. The number of alkyl halides is 2. The molecule has 0 radical (unpaired) electrons. The number of halogens is 2. The number of aromatic nitrogens is 1. The van der Waals surface area contributed by atoms with Crippen LogP contribution in [-0.2, 0) is 5.92 Å². The van der Waals surface area contributed by atoms with Gasteiger partial charge in [-0.15, -0.1) is 0 Å². The zero-order valence-electron chi connectivity index (χ0n) is 9.83. The first-order valence-electron chi connectivity index (χ1n) is 6.17. The molecule has 1 aromatic rings. The molecule has 94 valence electrons. The third kappa shape index (κ3) is 3.46. The predicted molar refractivity (Wildman–Crippen MR) is 63.0 cm³/mol. The average molecular weight is 240 g/mol. The highest BCUT2D eigenvalue weighted by Crippen LogP contribution is 2.34. The maximum atomic E-state index is 13.9. The first-order chi connectivity index (χ1) is 8.18. The van der Waals surface area contributed by atoms with E-state index >= 15 is 0 Å². The number of hydrogen-bond donors (Lipinski definition) is 1. The van der Waals surface area contributed by atoms with Crippen molar-refractivity contribution in [1.82, 2.24) is 10.3 Å². The monoisotopic (exact) mass is 240 g/mol. The Balaban J connectivity index is 1.88. The van der Waals surface area contributed by atoms with Gasteiger partial charge in [-0.2, -0.15) is 0 Å². The lowest BCUT2D eigenvalue weighted by atomic mass is 9.90. The molecule has 1 N–H and O–H groups in total. The Hall–Kier alpha value is -1.03. The van der Waals surface area contributed by atoms with Crippen LogP contribution < -0.4 is 5.32 Å². The van der Waals surface area contributed by atoms with Crippen molar-refractivity contribution < 1.29 is 8.78 Å². The van der Waals surface area contributed by atoms with E-state index in [2.05, 4.69) is 10.3 Å². The molecule has 0 atom stereocenters. The van der Waals surface area contributed by atoms with Crippen LogP contribution in [0.5, 0.6) is 0 Å². The van der Waals surface area contributed by atoms with Crippen LogP contribution >= 0.6 is 0 Å². The van der Waals surface area contributed by atoms with Crippen molar-refractivity contribution in [3.8, 4) is 0 Å². The van der Waals surface area contributed by atoms with Crippen molar-refractivity contribution in [1.29, 1.82) is 0 Å². The number of rotatable bonds is 4. The summed E-state index contributed by atoms with van der Waals surface area (Å²) in [5.74, 6) is -2.29. The van der Waals surface area contributed by atoms with Gasteiger partial charge in [-0.05, 0) is 50.4 Å². The van der Waals surface area contributed by atoms with Gasteiger partial charge >= 0.3 is 0 Å². The van der Waals surface area contributed by atoms with E-state index in [0.29, 0.717) is 12.3 Å². The van der Waals surface area contributed by atoms with Gasteiger partial charge in [-0.25, -0.2) is 8.78 Å². The molecule has 0 bridgehead atoms. The molecular weight excluding hydrogens is 222 g/mol. The summed E-state index contributed by atoms with van der Waals surface area (Å²) in [6.07, 6.45) is 5.36. The van der Waals surface area contributed by atoms with Gasteiger partial charge < -0.3 is 5.32 Å². The Labute approximate surface area is 100 Å². The third-order valence-electron chi connectivity index (χ3n) is 3.41. The van der Waals surface area contributed by atoms with Gasteiger partial charge in [-0.3, -0.25) is 4.98 Å². The summed E-state index contributed by atoms with van der Waals surface area (Å²) in [5.41, 5.74) is 0.0361. The molecule has 1 aromatic heterocycles. The number of hydrogen-bond acceptors (Lipinski definition) is 2. The first kappa shape index (κ1) is 12.4. The zero-order valence-corrected chi connectivity index (χ0v) is 9.83. The maximum Gasteiger partial charge on any atom is 0.274 e. The van der Waals surface area contributed by atoms with Crippen molar-refractivity contribution >= 4 is 0 Å². The zero-order chi connectivity index (χ0) is 12.1. The second-order valence-electron chi connectivity index (χ2n) is 4.68. The second-order valence-corrected chi connectivity index (χ2v) is 4.68. The Kier molecular flexibility index (Phi) is 4.05. The van der Waals surface area contributed by atoms with Crippen molar-refractivity contribution in [2.75, 3.05) is 13.1 Å². The van der Waals surface area contributed by atoms with E-state index in [0.717, 1.165) is 25.9 Å². The maximum absolute atomic E-state index is 13.9. The highest BCUT2D eigenvalue weighted by Gasteiger charge is 2.32. The van der Waals surface area contributed by atoms with Crippen LogP contribution in [0.15, 0.2) is 24.5 Å². The molecule has 0 aromatic carbocycles. The van der Waals surface area contributed by atoms with Crippen LogP contribution in [0.2, 0.25) is 0 Å². The van der Waals surface area contributed by atoms with E-state index in [4.69, 9.17) is 0 Å². The molecule has 1 saturated heterocycles. The minimum Gasteiger partial charge on any atom is -0.317 e. The number of pyridine rings is 1. The van der Waals surface area contributed by atoms with E-state index in [-0.39, 0.29) is 12.0 Å². The molecule has 2 rings (SSSR count). The van der Waals surface area contributed by atoms with Crippen molar-refractivity contribution in [2.24, 2.45) is 5.92 Å². The van der Waals surface area contributed by atoms with Gasteiger partial charge in [0.1, 0.15) is 0 Å². The van der Waals surface area contributed by atoms with Crippen molar-refractivity contribution in [2.45, 2.75) is 31.6 Å². The average Bonchev–Trinajstić information content (AvgIpc) is 2.39. The fourth-order valence-corrected chi connectivity index (χ4v) is 2.28. The normalized spacial score (nSPS) is 18.2. The largest absolute Gasteiger partial charge is 0.317 e. The van der Waals surface area contributed by atoms with E-state index in [1.807, 2.05) is 0 Å². The van der Waals surface area contributed by atoms with E-state index in [9.17, 15) is 8.78 Å². The van der Waals surface area contributed by atoms with E-state index in [1.54, 1.807) is 6.07 Å². The number of nitrogens with one attached hydrogen (secondary N) is 1. The molecule has 0 spiro atoms. The van der Waals surface area contributed by atoms with Gasteiger partial charge in [0.25, 0.3) is 5.92 Å². The molecule has 0 aliphatic carbocycles. The molecule has 0 saturated carbocycles.